The number of rotatable bonds is 9. The molecule has 1 saturated carbocycles. The molecule has 1 aromatic carbocycles. The van der Waals surface area contributed by atoms with Crippen LogP contribution in [0.25, 0.3) is 0 Å². The second kappa shape index (κ2) is 10.8. The average molecular weight is 452 g/mol. The zero-order valence-corrected chi connectivity index (χ0v) is 20.0. The summed E-state index contributed by atoms with van der Waals surface area (Å²) in [7, 11) is 2.29. The highest BCUT2D eigenvalue weighted by Gasteiger charge is 2.48. The molecule has 2 heterocycles. The van der Waals surface area contributed by atoms with Crippen molar-refractivity contribution in [2.75, 3.05) is 26.7 Å². The quantitative estimate of drug-likeness (QED) is 0.446. The Morgan fingerprint density at radius 1 is 1.09 bits per heavy atom. The van der Waals surface area contributed by atoms with Crippen LogP contribution in [0.2, 0.25) is 0 Å². The first kappa shape index (κ1) is 23.9. The highest BCUT2D eigenvalue weighted by atomic mass is 16.6. The van der Waals surface area contributed by atoms with Gasteiger partial charge in [0.1, 0.15) is 12.6 Å². The number of benzene rings is 1. The van der Waals surface area contributed by atoms with Crippen LogP contribution < -0.4 is 0 Å². The molecule has 1 aromatic heterocycles. The maximum Gasteiger partial charge on any atom is 0.343 e. The van der Waals surface area contributed by atoms with Gasteiger partial charge in [0.05, 0.1) is 20.1 Å². The maximum absolute atomic E-state index is 13.4. The molecule has 0 bridgehead atoms. The van der Waals surface area contributed by atoms with Gasteiger partial charge in [0.25, 0.3) is 0 Å². The summed E-state index contributed by atoms with van der Waals surface area (Å²) in [6.45, 7) is 2.55. The number of aryl methyl sites for hydroxylation is 1. The van der Waals surface area contributed by atoms with Gasteiger partial charge >= 0.3 is 5.97 Å². The molecule has 33 heavy (non-hydrogen) atoms. The number of likely N-dealkylation sites (tertiary alicyclic amines) is 1. The van der Waals surface area contributed by atoms with E-state index in [1.807, 2.05) is 48.8 Å². The van der Waals surface area contributed by atoms with Gasteiger partial charge in [-0.3, -0.25) is 4.98 Å². The number of quaternary nitrogens is 1. The Bertz CT molecular complexity index is 885. The van der Waals surface area contributed by atoms with Gasteiger partial charge in [-0.05, 0) is 36.5 Å². The lowest BCUT2D eigenvalue weighted by atomic mass is 9.73. The second-order valence-corrected chi connectivity index (χ2v) is 10.3. The molecule has 4 rings (SSSR count). The van der Waals surface area contributed by atoms with Crippen molar-refractivity contribution in [3.63, 3.8) is 0 Å². The number of aromatic nitrogens is 1. The molecule has 3 atom stereocenters. The summed E-state index contributed by atoms with van der Waals surface area (Å²) in [5.41, 5.74) is 0.387. The molecule has 2 unspecified atom stereocenters. The van der Waals surface area contributed by atoms with Gasteiger partial charge < -0.3 is 14.3 Å². The van der Waals surface area contributed by atoms with Crippen LogP contribution >= 0.6 is 0 Å². The van der Waals surface area contributed by atoms with Crippen LogP contribution in [0.5, 0.6) is 0 Å². The Hall–Kier alpha value is -2.24. The highest BCUT2D eigenvalue weighted by Crippen LogP contribution is 2.40. The molecule has 2 fully saturated rings. The second-order valence-electron chi connectivity index (χ2n) is 10.3. The number of pyridine rings is 1. The zero-order chi connectivity index (χ0) is 23.2. The van der Waals surface area contributed by atoms with E-state index in [1.54, 1.807) is 0 Å². The third-order valence-electron chi connectivity index (χ3n) is 8.07. The van der Waals surface area contributed by atoms with E-state index >= 15 is 0 Å². The summed E-state index contributed by atoms with van der Waals surface area (Å²) in [6.07, 6.45) is 13.1. The lowest BCUT2D eigenvalue weighted by Crippen LogP contribution is -2.52. The molecule has 1 N–H and O–H groups in total. The molecule has 2 aliphatic rings. The highest BCUT2D eigenvalue weighted by molar-refractivity contribution is 5.81. The zero-order valence-electron chi connectivity index (χ0n) is 20.0. The number of likely N-dealkylation sites (N-methyl/N-ethyl adjacent to an activating group) is 1. The van der Waals surface area contributed by atoms with Gasteiger partial charge in [0.2, 0.25) is 0 Å². The predicted molar refractivity (Wildman–Crippen MR) is 129 cm³/mol. The van der Waals surface area contributed by atoms with Crippen molar-refractivity contribution in [3.05, 3.63) is 66.0 Å². The van der Waals surface area contributed by atoms with Crippen molar-refractivity contribution in [3.8, 4) is 0 Å². The Morgan fingerprint density at radius 2 is 1.88 bits per heavy atom. The first-order chi connectivity index (χ1) is 16.0. The number of carbonyl (C=O) groups excluding carboxylic acids is 1. The summed E-state index contributed by atoms with van der Waals surface area (Å²) >= 11 is 0. The van der Waals surface area contributed by atoms with E-state index in [0.29, 0.717) is 12.2 Å². The summed E-state index contributed by atoms with van der Waals surface area (Å²) in [4.78, 5) is 17.7. The van der Waals surface area contributed by atoms with Crippen molar-refractivity contribution in [1.29, 1.82) is 0 Å². The fraction of sp³-hybridized carbons (Fsp3) is 0.571. The van der Waals surface area contributed by atoms with Crippen LogP contribution in [-0.4, -0.2) is 53.3 Å². The van der Waals surface area contributed by atoms with Crippen LogP contribution in [0, 0.1) is 5.92 Å². The van der Waals surface area contributed by atoms with Crippen molar-refractivity contribution in [1.82, 2.24) is 4.98 Å². The van der Waals surface area contributed by atoms with E-state index in [0.717, 1.165) is 68.9 Å². The van der Waals surface area contributed by atoms with Crippen LogP contribution in [0.4, 0.5) is 0 Å². The summed E-state index contributed by atoms with van der Waals surface area (Å²) in [5, 5.41) is 11.8. The molecular weight excluding hydrogens is 412 g/mol. The molecule has 0 amide bonds. The van der Waals surface area contributed by atoms with Crippen LogP contribution in [0.1, 0.15) is 62.5 Å². The normalized spacial score (nSPS) is 25.5. The minimum Gasteiger partial charge on any atom is -0.457 e. The Morgan fingerprint density at radius 3 is 2.61 bits per heavy atom. The Kier molecular flexibility index (Phi) is 7.82. The number of aliphatic hydroxyl groups is 1. The molecule has 5 nitrogen and oxygen atoms in total. The minimum absolute atomic E-state index is 0.0786. The van der Waals surface area contributed by atoms with E-state index in [-0.39, 0.29) is 12.0 Å². The lowest BCUT2D eigenvalue weighted by molar-refractivity contribution is -0.921. The maximum atomic E-state index is 13.4. The molecule has 5 heteroatoms. The third-order valence-corrected chi connectivity index (χ3v) is 8.07. The molecule has 1 aliphatic carbocycles. The van der Waals surface area contributed by atoms with Gasteiger partial charge in [-0.2, -0.15) is 0 Å². The van der Waals surface area contributed by atoms with Crippen LogP contribution in [0.15, 0.2) is 54.9 Å². The Balaban J connectivity index is 1.39. The van der Waals surface area contributed by atoms with Crippen LogP contribution in [0.3, 0.4) is 0 Å². The largest absolute Gasteiger partial charge is 0.457 e. The SMILES string of the molecule is C[N@@+]1(CCCc2cccnc2)CCCC1COC(=O)C(O)(c1ccccc1)C1CCCCC1. The predicted octanol–water partition coefficient (Wildman–Crippen LogP) is 4.63. The summed E-state index contributed by atoms with van der Waals surface area (Å²) in [5.74, 6) is -0.542. The van der Waals surface area contributed by atoms with E-state index in [9.17, 15) is 9.90 Å². The number of nitrogens with zero attached hydrogens (tertiary/aromatic N) is 2. The third kappa shape index (κ3) is 5.47. The van der Waals surface area contributed by atoms with Crippen molar-refractivity contribution < 1.29 is 19.1 Å². The first-order valence-electron chi connectivity index (χ1n) is 12.7. The van der Waals surface area contributed by atoms with E-state index in [2.05, 4.69) is 18.1 Å². The lowest BCUT2D eigenvalue weighted by Gasteiger charge is -2.39. The van der Waals surface area contributed by atoms with Gasteiger partial charge in [-0.25, -0.2) is 4.79 Å². The van der Waals surface area contributed by atoms with Gasteiger partial charge in [-0.1, -0.05) is 55.7 Å². The minimum atomic E-state index is -1.55. The van der Waals surface area contributed by atoms with Gasteiger partial charge in [0.15, 0.2) is 5.60 Å². The summed E-state index contributed by atoms with van der Waals surface area (Å²) in [6, 6.07) is 13.8. The van der Waals surface area contributed by atoms with Crippen LogP contribution in [-0.2, 0) is 21.6 Å². The number of hydrogen-bond donors (Lipinski definition) is 1. The van der Waals surface area contributed by atoms with Crippen molar-refractivity contribution in [2.45, 2.75) is 69.4 Å². The van der Waals surface area contributed by atoms with Gasteiger partial charge in [0, 0.05) is 37.6 Å². The number of carbonyl (C=O) groups is 1. The molecule has 2 aromatic rings. The van der Waals surface area contributed by atoms with E-state index in [4.69, 9.17) is 4.74 Å². The molecule has 0 radical (unpaired) electrons. The monoisotopic (exact) mass is 451 g/mol. The molecule has 1 aliphatic heterocycles. The summed E-state index contributed by atoms with van der Waals surface area (Å²) < 4.78 is 6.88. The van der Waals surface area contributed by atoms with E-state index < -0.39 is 11.6 Å². The first-order valence-corrected chi connectivity index (χ1v) is 12.7. The number of hydrogen-bond acceptors (Lipinski definition) is 4. The average Bonchev–Trinajstić information content (AvgIpc) is 3.23. The Labute approximate surface area is 198 Å². The topological polar surface area (TPSA) is 59.4 Å². The van der Waals surface area contributed by atoms with Crippen molar-refractivity contribution in [2.24, 2.45) is 5.92 Å². The standard InChI is InChI=1S/C28H39N2O3/c1-30(19-9-12-23-11-8-18-29-21-23)20-10-17-26(30)22-33-27(31)28(32,24-13-4-2-5-14-24)25-15-6-3-7-16-25/h2,4-5,8,11,13-14,18,21,25-26,32H,3,6-7,9-10,12,15-17,19-20,22H2,1H3/q+1/t26?,28?,30-/m1/s1. The van der Waals surface area contributed by atoms with Crippen molar-refractivity contribution >= 4 is 5.97 Å². The molecule has 0 spiro atoms. The fourth-order valence-electron chi connectivity index (χ4n) is 5.95. The number of esters is 1. The molecule has 1 saturated heterocycles. The van der Waals surface area contributed by atoms with Gasteiger partial charge in [-0.15, -0.1) is 0 Å². The molecule has 178 valence electrons. The number of ether oxygens (including phenoxy) is 1. The fourth-order valence-corrected chi connectivity index (χ4v) is 5.95. The molecular formula is C28H39N2O3+. The smallest absolute Gasteiger partial charge is 0.343 e. The van der Waals surface area contributed by atoms with E-state index in [1.165, 1.54) is 12.0 Å².